The van der Waals surface area contributed by atoms with Gasteiger partial charge in [-0.05, 0) is 18.1 Å². The van der Waals surface area contributed by atoms with Gasteiger partial charge in [0.25, 0.3) is 0 Å². The van der Waals surface area contributed by atoms with Crippen molar-refractivity contribution in [3.63, 3.8) is 0 Å². The Labute approximate surface area is 102 Å². The minimum absolute atomic E-state index is 0.860. The SMILES string of the molecule is Cc1cncc(CNCCc2nccn2C)c1. The lowest BCUT2D eigenvalue weighted by atomic mass is 10.2. The molecule has 0 atom stereocenters. The van der Waals surface area contributed by atoms with Gasteiger partial charge in [-0.2, -0.15) is 0 Å². The van der Waals surface area contributed by atoms with Gasteiger partial charge in [0.05, 0.1) is 0 Å². The second-order valence-electron chi connectivity index (χ2n) is 4.25. The van der Waals surface area contributed by atoms with Crippen LogP contribution in [0.15, 0.2) is 30.9 Å². The third-order valence-electron chi connectivity index (χ3n) is 2.71. The molecule has 0 aliphatic rings. The summed E-state index contributed by atoms with van der Waals surface area (Å²) in [5.74, 6) is 1.11. The fourth-order valence-corrected chi connectivity index (χ4v) is 1.78. The number of nitrogens with zero attached hydrogens (tertiary/aromatic N) is 3. The van der Waals surface area contributed by atoms with Gasteiger partial charge in [0.15, 0.2) is 0 Å². The molecule has 2 aromatic heterocycles. The van der Waals surface area contributed by atoms with Crippen molar-refractivity contribution in [1.29, 1.82) is 0 Å². The summed E-state index contributed by atoms with van der Waals surface area (Å²) < 4.78 is 2.05. The number of aryl methyl sites for hydroxylation is 2. The molecule has 0 bridgehead atoms. The van der Waals surface area contributed by atoms with Gasteiger partial charge >= 0.3 is 0 Å². The highest BCUT2D eigenvalue weighted by Crippen LogP contribution is 2.00. The number of imidazole rings is 1. The van der Waals surface area contributed by atoms with Gasteiger partial charge in [0.2, 0.25) is 0 Å². The smallest absolute Gasteiger partial charge is 0.109 e. The van der Waals surface area contributed by atoms with E-state index in [1.807, 2.05) is 31.8 Å². The van der Waals surface area contributed by atoms with E-state index in [1.54, 1.807) is 0 Å². The predicted molar refractivity (Wildman–Crippen MR) is 67.6 cm³/mol. The van der Waals surface area contributed by atoms with Gasteiger partial charge < -0.3 is 9.88 Å². The van der Waals surface area contributed by atoms with E-state index >= 15 is 0 Å². The standard InChI is InChI=1S/C13H18N4/c1-11-7-12(10-15-8-11)9-14-4-3-13-16-5-6-17(13)2/h5-8,10,14H,3-4,9H2,1-2H3. The van der Waals surface area contributed by atoms with Crippen LogP contribution >= 0.6 is 0 Å². The van der Waals surface area contributed by atoms with Gasteiger partial charge in [-0.3, -0.25) is 4.98 Å². The fraction of sp³-hybridized carbons (Fsp3) is 0.385. The molecular formula is C13H18N4. The zero-order chi connectivity index (χ0) is 12.1. The predicted octanol–water partition coefficient (Wildman–Crippen LogP) is 1.46. The Morgan fingerprint density at radius 3 is 2.94 bits per heavy atom. The number of nitrogens with one attached hydrogen (secondary N) is 1. The van der Waals surface area contributed by atoms with Crippen LogP contribution in [0.5, 0.6) is 0 Å². The van der Waals surface area contributed by atoms with Crippen molar-refractivity contribution in [2.75, 3.05) is 6.54 Å². The number of hydrogen-bond donors (Lipinski definition) is 1. The van der Waals surface area contributed by atoms with E-state index in [2.05, 4.69) is 32.8 Å². The van der Waals surface area contributed by atoms with Crippen molar-refractivity contribution in [3.8, 4) is 0 Å². The first-order valence-corrected chi connectivity index (χ1v) is 5.83. The van der Waals surface area contributed by atoms with Crippen LogP contribution in [0.2, 0.25) is 0 Å². The molecular weight excluding hydrogens is 212 g/mol. The van der Waals surface area contributed by atoms with Crippen LogP contribution in [0.4, 0.5) is 0 Å². The molecule has 17 heavy (non-hydrogen) atoms. The van der Waals surface area contributed by atoms with E-state index in [0.29, 0.717) is 0 Å². The van der Waals surface area contributed by atoms with Gasteiger partial charge in [0, 0.05) is 51.3 Å². The number of hydrogen-bond acceptors (Lipinski definition) is 3. The summed E-state index contributed by atoms with van der Waals surface area (Å²) in [5.41, 5.74) is 2.43. The summed E-state index contributed by atoms with van der Waals surface area (Å²) >= 11 is 0. The Bertz CT molecular complexity index is 476. The largest absolute Gasteiger partial charge is 0.338 e. The van der Waals surface area contributed by atoms with Crippen LogP contribution in [0.3, 0.4) is 0 Å². The van der Waals surface area contributed by atoms with Crippen molar-refractivity contribution < 1.29 is 0 Å². The molecule has 2 aromatic rings. The zero-order valence-electron chi connectivity index (χ0n) is 10.3. The van der Waals surface area contributed by atoms with E-state index in [1.165, 1.54) is 11.1 Å². The number of pyridine rings is 1. The molecule has 0 unspecified atom stereocenters. The monoisotopic (exact) mass is 230 g/mol. The Kier molecular flexibility index (Phi) is 3.88. The normalized spacial score (nSPS) is 10.7. The van der Waals surface area contributed by atoms with E-state index in [9.17, 15) is 0 Å². The van der Waals surface area contributed by atoms with Crippen LogP contribution < -0.4 is 5.32 Å². The van der Waals surface area contributed by atoms with Crippen molar-refractivity contribution >= 4 is 0 Å². The molecule has 4 nitrogen and oxygen atoms in total. The van der Waals surface area contributed by atoms with Crippen LogP contribution in [-0.4, -0.2) is 21.1 Å². The lowest BCUT2D eigenvalue weighted by Gasteiger charge is -2.05. The summed E-state index contributed by atoms with van der Waals surface area (Å²) in [7, 11) is 2.02. The van der Waals surface area contributed by atoms with E-state index < -0.39 is 0 Å². The molecule has 0 radical (unpaired) electrons. The quantitative estimate of drug-likeness (QED) is 0.791. The van der Waals surface area contributed by atoms with E-state index in [-0.39, 0.29) is 0 Å². The minimum Gasteiger partial charge on any atom is -0.338 e. The van der Waals surface area contributed by atoms with Gasteiger partial charge in [0.1, 0.15) is 5.82 Å². The highest BCUT2D eigenvalue weighted by atomic mass is 15.0. The number of rotatable bonds is 5. The molecule has 4 heteroatoms. The maximum absolute atomic E-state index is 4.29. The molecule has 2 rings (SSSR count). The lowest BCUT2D eigenvalue weighted by molar-refractivity contribution is 0.653. The molecule has 1 N–H and O–H groups in total. The van der Waals surface area contributed by atoms with Crippen LogP contribution in [-0.2, 0) is 20.0 Å². The molecule has 0 saturated heterocycles. The van der Waals surface area contributed by atoms with E-state index in [0.717, 1.165) is 25.3 Å². The number of aromatic nitrogens is 3. The molecule has 90 valence electrons. The molecule has 0 aliphatic heterocycles. The molecule has 0 fully saturated rings. The summed E-state index contributed by atoms with van der Waals surface area (Å²) in [6.07, 6.45) is 8.53. The average Bonchev–Trinajstić information content (AvgIpc) is 2.71. The molecule has 0 aromatic carbocycles. The zero-order valence-corrected chi connectivity index (χ0v) is 10.3. The Balaban J connectivity index is 1.75. The summed E-state index contributed by atoms with van der Waals surface area (Å²) in [6, 6.07) is 2.15. The fourth-order valence-electron chi connectivity index (χ4n) is 1.78. The third-order valence-corrected chi connectivity index (χ3v) is 2.71. The van der Waals surface area contributed by atoms with Crippen molar-refractivity contribution in [2.45, 2.75) is 19.9 Å². The van der Waals surface area contributed by atoms with Crippen molar-refractivity contribution in [1.82, 2.24) is 19.9 Å². The molecule has 0 aliphatic carbocycles. The maximum atomic E-state index is 4.29. The molecule has 2 heterocycles. The third kappa shape index (κ3) is 3.39. The summed E-state index contributed by atoms with van der Waals surface area (Å²) in [4.78, 5) is 8.46. The summed E-state index contributed by atoms with van der Waals surface area (Å²) in [5, 5.41) is 3.40. The Hall–Kier alpha value is -1.68. The average molecular weight is 230 g/mol. The Morgan fingerprint density at radius 1 is 1.35 bits per heavy atom. The first kappa shape index (κ1) is 11.8. The van der Waals surface area contributed by atoms with Gasteiger partial charge in [-0.15, -0.1) is 0 Å². The highest BCUT2D eigenvalue weighted by molar-refractivity contribution is 5.16. The maximum Gasteiger partial charge on any atom is 0.109 e. The molecule has 0 spiro atoms. The van der Waals surface area contributed by atoms with Gasteiger partial charge in [-0.25, -0.2) is 4.98 Å². The second-order valence-corrected chi connectivity index (χ2v) is 4.25. The topological polar surface area (TPSA) is 42.7 Å². The molecule has 0 saturated carbocycles. The Morgan fingerprint density at radius 2 is 2.24 bits per heavy atom. The minimum atomic E-state index is 0.860. The molecule has 0 amide bonds. The van der Waals surface area contributed by atoms with E-state index in [4.69, 9.17) is 0 Å². The van der Waals surface area contributed by atoms with Crippen molar-refractivity contribution in [2.24, 2.45) is 7.05 Å². The lowest BCUT2D eigenvalue weighted by Crippen LogP contribution is -2.18. The highest BCUT2D eigenvalue weighted by Gasteiger charge is 1.98. The summed E-state index contributed by atoms with van der Waals surface area (Å²) in [6.45, 7) is 3.85. The van der Waals surface area contributed by atoms with Crippen molar-refractivity contribution in [3.05, 3.63) is 47.8 Å². The first-order valence-electron chi connectivity index (χ1n) is 5.83. The van der Waals surface area contributed by atoms with Crippen LogP contribution in [0.25, 0.3) is 0 Å². The second kappa shape index (κ2) is 5.59. The van der Waals surface area contributed by atoms with Crippen LogP contribution in [0, 0.1) is 6.92 Å². The first-order chi connectivity index (χ1) is 8.25. The van der Waals surface area contributed by atoms with Gasteiger partial charge in [-0.1, -0.05) is 6.07 Å². The van der Waals surface area contributed by atoms with Crippen LogP contribution in [0.1, 0.15) is 17.0 Å².